The Bertz CT molecular complexity index is 554. The number of nitrogens with two attached hydrogens (primary N) is 1. The van der Waals surface area contributed by atoms with E-state index in [1.165, 1.54) is 0 Å². The second-order valence-corrected chi connectivity index (χ2v) is 5.43. The molecule has 2 aromatic rings. The van der Waals surface area contributed by atoms with Gasteiger partial charge < -0.3 is 10.6 Å². The summed E-state index contributed by atoms with van der Waals surface area (Å²) in [6, 6.07) is 7.90. The Kier molecular flexibility index (Phi) is 4.93. The maximum absolute atomic E-state index is 6.16. The Morgan fingerprint density at radius 2 is 1.90 bits per heavy atom. The molecule has 0 aliphatic heterocycles. The molecule has 0 saturated carbocycles. The smallest absolute Gasteiger partial charge is 0.225 e. The standard InChI is InChI=1S/C15H19ClN4/c1-11(17)7-12-8-18-15(19-9-12)20(2)10-13-5-3-4-6-14(13)16/h3-6,8-9,11H,7,10,17H2,1-2H3. The summed E-state index contributed by atoms with van der Waals surface area (Å²) in [5.74, 6) is 0.679. The van der Waals surface area contributed by atoms with Crippen LogP contribution in [0.15, 0.2) is 36.7 Å². The topological polar surface area (TPSA) is 55.0 Å². The predicted molar refractivity (Wildman–Crippen MR) is 82.9 cm³/mol. The molecule has 4 nitrogen and oxygen atoms in total. The van der Waals surface area contributed by atoms with Gasteiger partial charge in [-0.1, -0.05) is 29.8 Å². The minimum absolute atomic E-state index is 0.116. The van der Waals surface area contributed by atoms with E-state index in [2.05, 4.69) is 9.97 Å². The molecule has 1 aromatic heterocycles. The minimum Gasteiger partial charge on any atom is -0.340 e. The van der Waals surface area contributed by atoms with Crippen molar-refractivity contribution in [1.82, 2.24) is 9.97 Å². The molecule has 1 unspecified atom stereocenters. The summed E-state index contributed by atoms with van der Waals surface area (Å²) in [6.45, 7) is 2.64. The summed E-state index contributed by atoms with van der Waals surface area (Å²) in [4.78, 5) is 10.7. The molecule has 0 bridgehead atoms. The Morgan fingerprint density at radius 1 is 1.25 bits per heavy atom. The van der Waals surface area contributed by atoms with Crippen LogP contribution in [-0.4, -0.2) is 23.1 Å². The molecule has 1 heterocycles. The van der Waals surface area contributed by atoms with Crippen molar-refractivity contribution in [2.45, 2.75) is 25.9 Å². The van der Waals surface area contributed by atoms with Crippen molar-refractivity contribution >= 4 is 17.5 Å². The van der Waals surface area contributed by atoms with E-state index in [1.54, 1.807) is 0 Å². The zero-order valence-corrected chi connectivity index (χ0v) is 12.5. The van der Waals surface area contributed by atoms with E-state index in [1.807, 2.05) is 55.5 Å². The molecule has 0 saturated heterocycles. The van der Waals surface area contributed by atoms with Crippen molar-refractivity contribution in [3.8, 4) is 0 Å². The number of rotatable bonds is 5. The number of nitrogens with zero attached hydrogens (tertiary/aromatic N) is 3. The average Bonchev–Trinajstić information content (AvgIpc) is 2.41. The quantitative estimate of drug-likeness (QED) is 0.920. The Balaban J connectivity index is 2.06. The normalized spacial score (nSPS) is 12.2. The zero-order valence-electron chi connectivity index (χ0n) is 11.8. The van der Waals surface area contributed by atoms with Crippen molar-refractivity contribution in [3.05, 3.63) is 52.8 Å². The number of hydrogen-bond acceptors (Lipinski definition) is 4. The molecule has 1 atom stereocenters. The molecular formula is C15H19ClN4. The lowest BCUT2D eigenvalue weighted by molar-refractivity contribution is 0.730. The SMILES string of the molecule is CC(N)Cc1cnc(N(C)Cc2ccccc2Cl)nc1. The second kappa shape index (κ2) is 6.68. The van der Waals surface area contributed by atoms with E-state index in [4.69, 9.17) is 17.3 Å². The third kappa shape index (κ3) is 3.92. The van der Waals surface area contributed by atoms with Gasteiger partial charge in [0.15, 0.2) is 0 Å². The summed E-state index contributed by atoms with van der Waals surface area (Å²) in [7, 11) is 1.95. The van der Waals surface area contributed by atoms with Gasteiger partial charge in [-0.05, 0) is 30.5 Å². The first kappa shape index (κ1) is 14.8. The number of benzene rings is 1. The fourth-order valence-corrected chi connectivity index (χ4v) is 2.17. The molecule has 0 radical (unpaired) electrons. The lowest BCUT2D eigenvalue weighted by atomic mass is 10.1. The Labute approximate surface area is 124 Å². The molecule has 1 aromatic carbocycles. The Hall–Kier alpha value is -1.65. The first-order chi connectivity index (χ1) is 9.56. The molecular weight excluding hydrogens is 272 g/mol. The van der Waals surface area contributed by atoms with Crippen LogP contribution in [0.3, 0.4) is 0 Å². The van der Waals surface area contributed by atoms with Gasteiger partial charge in [-0.3, -0.25) is 0 Å². The molecule has 0 fully saturated rings. The van der Waals surface area contributed by atoms with E-state index in [-0.39, 0.29) is 6.04 Å². The molecule has 5 heteroatoms. The van der Waals surface area contributed by atoms with E-state index in [0.29, 0.717) is 12.5 Å². The van der Waals surface area contributed by atoms with Crippen LogP contribution in [0.2, 0.25) is 5.02 Å². The number of hydrogen-bond donors (Lipinski definition) is 1. The summed E-state index contributed by atoms with van der Waals surface area (Å²) in [5, 5.41) is 0.757. The lowest BCUT2D eigenvalue weighted by Gasteiger charge is -2.18. The van der Waals surface area contributed by atoms with Gasteiger partial charge in [-0.15, -0.1) is 0 Å². The van der Waals surface area contributed by atoms with Gasteiger partial charge in [0.05, 0.1) is 0 Å². The lowest BCUT2D eigenvalue weighted by Crippen LogP contribution is -2.21. The van der Waals surface area contributed by atoms with Gasteiger partial charge in [-0.2, -0.15) is 0 Å². The van der Waals surface area contributed by atoms with Crippen molar-refractivity contribution in [2.24, 2.45) is 5.73 Å². The van der Waals surface area contributed by atoms with Gasteiger partial charge in [0.25, 0.3) is 0 Å². The van der Waals surface area contributed by atoms with Crippen molar-refractivity contribution in [2.75, 3.05) is 11.9 Å². The maximum Gasteiger partial charge on any atom is 0.225 e. The van der Waals surface area contributed by atoms with Crippen LogP contribution in [0.1, 0.15) is 18.1 Å². The van der Waals surface area contributed by atoms with Gasteiger partial charge in [0.1, 0.15) is 0 Å². The fourth-order valence-electron chi connectivity index (χ4n) is 1.98. The number of aromatic nitrogens is 2. The van der Waals surface area contributed by atoms with Gasteiger partial charge in [-0.25, -0.2) is 9.97 Å². The maximum atomic E-state index is 6.16. The van der Waals surface area contributed by atoms with Crippen LogP contribution in [-0.2, 0) is 13.0 Å². The monoisotopic (exact) mass is 290 g/mol. The number of halogens is 1. The Morgan fingerprint density at radius 3 is 2.50 bits per heavy atom. The van der Waals surface area contributed by atoms with Crippen molar-refractivity contribution < 1.29 is 0 Å². The molecule has 0 spiro atoms. The minimum atomic E-state index is 0.116. The van der Waals surface area contributed by atoms with Gasteiger partial charge in [0, 0.05) is 37.1 Å². The van der Waals surface area contributed by atoms with Gasteiger partial charge >= 0.3 is 0 Å². The van der Waals surface area contributed by atoms with Crippen molar-refractivity contribution in [3.63, 3.8) is 0 Å². The first-order valence-corrected chi connectivity index (χ1v) is 6.95. The predicted octanol–water partition coefficient (Wildman–Crippen LogP) is 2.66. The molecule has 2 rings (SSSR count). The highest BCUT2D eigenvalue weighted by Gasteiger charge is 2.08. The van der Waals surface area contributed by atoms with E-state index in [9.17, 15) is 0 Å². The highest BCUT2D eigenvalue weighted by Crippen LogP contribution is 2.18. The van der Waals surface area contributed by atoms with Crippen LogP contribution < -0.4 is 10.6 Å². The summed E-state index contributed by atoms with van der Waals surface area (Å²) < 4.78 is 0. The third-order valence-electron chi connectivity index (χ3n) is 2.96. The van der Waals surface area contributed by atoms with Crippen LogP contribution in [0.5, 0.6) is 0 Å². The molecule has 0 aliphatic carbocycles. The highest BCUT2D eigenvalue weighted by atomic mass is 35.5. The molecule has 0 aliphatic rings. The average molecular weight is 291 g/mol. The van der Waals surface area contributed by atoms with E-state index >= 15 is 0 Å². The zero-order chi connectivity index (χ0) is 14.5. The molecule has 2 N–H and O–H groups in total. The molecule has 0 amide bonds. The van der Waals surface area contributed by atoms with Gasteiger partial charge in [0.2, 0.25) is 5.95 Å². The largest absolute Gasteiger partial charge is 0.340 e. The van der Waals surface area contributed by atoms with Crippen molar-refractivity contribution in [1.29, 1.82) is 0 Å². The molecule has 106 valence electrons. The van der Waals surface area contributed by atoms with Crippen LogP contribution in [0, 0.1) is 0 Å². The first-order valence-electron chi connectivity index (χ1n) is 6.57. The van der Waals surface area contributed by atoms with E-state index < -0.39 is 0 Å². The summed E-state index contributed by atoms with van der Waals surface area (Å²) in [6.07, 6.45) is 4.44. The molecule has 20 heavy (non-hydrogen) atoms. The summed E-state index contributed by atoms with van der Waals surface area (Å²) >= 11 is 6.16. The third-order valence-corrected chi connectivity index (χ3v) is 3.32. The summed E-state index contributed by atoms with van der Waals surface area (Å²) in [5.41, 5.74) is 7.87. The highest BCUT2D eigenvalue weighted by molar-refractivity contribution is 6.31. The van der Waals surface area contributed by atoms with Crippen LogP contribution in [0.25, 0.3) is 0 Å². The number of anilines is 1. The van der Waals surface area contributed by atoms with E-state index in [0.717, 1.165) is 22.6 Å². The van der Waals surface area contributed by atoms with Crippen LogP contribution in [0.4, 0.5) is 5.95 Å². The second-order valence-electron chi connectivity index (χ2n) is 5.02. The fraction of sp³-hybridized carbons (Fsp3) is 0.333. The van der Waals surface area contributed by atoms with Crippen LogP contribution >= 0.6 is 11.6 Å².